The van der Waals surface area contributed by atoms with Crippen LogP contribution in [0.15, 0.2) is 65.7 Å². The van der Waals surface area contributed by atoms with E-state index in [0.717, 1.165) is 37.1 Å². The first kappa shape index (κ1) is 15.0. The first-order valence-electron chi connectivity index (χ1n) is 9.74. The summed E-state index contributed by atoms with van der Waals surface area (Å²) < 4.78 is 0. The Morgan fingerprint density at radius 2 is 1.22 bits per heavy atom. The van der Waals surface area contributed by atoms with E-state index in [9.17, 15) is 0 Å². The highest BCUT2D eigenvalue weighted by molar-refractivity contribution is 6.03. The second kappa shape index (κ2) is 5.68. The van der Waals surface area contributed by atoms with Crippen LogP contribution in [0.1, 0.15) is 22.3 Å². The van der Waals surface area contributed by atoms with Crippen LogP contribution in [-0.4, -0.2) is 6.34 Å². The van der Waals surface area contributed by atoms with Crippen molar-refractivity contribution in [3.8, 4) is 0 Å². The Bertz CT molecular complexity index is 1230. The lowest BCUT2D eigenvalue weighted by molar-refractivity contribution is 1.02. The van der Waals surface area contributed by atoms with Crippen LogP contribution in [0.5, 0.6) is 0 Å². The molecule has 4 aromatic carbocycles. The number of aryl methyl sites for hydroxylation is 4. The molecule has 27 heavy (non-hydrogen) atoms. The van der Waals surface area contributed by atoms with Crippen molar-refractivity contribution < 1.29 is 0 Å². The average molecular weight is 348 g/mol. The highest BCUT2D eigenvalue weighted by atomic mass is 14.9. The quantitative estimate of drug-likeness (QED) is 0.358. The topological polar surface area (TPSA) is 24.4 Å². The van der Waals surface area contributed by atoms with E-state index in [1.807, 2.05) is 6.34 Å². The maximum Gasteiger partial charge on any atom is 0.0930 e. The van der Waals surface area contributed by atoms with Gasteiger partial charge in [-0.1, -0.05) is 48.5 Å². The molecule has 0 amide bonds. The van der Waals surface area contributed by atoms with Crippen molar-refractivity contribution >= 4 is 39.3 Å². The van der Waals surface area contributed by atoms with E-state index in [1.165, 1.54) is 43.8 Å². The molecule has 0 aromatic heterocycles. The maximum absolute atomic E-state index is 4.77. The van der Waals surface area contributed by atoms with E-state index < -0.39 is 0 Å². The second-order valence-electron chi connectivity index (χ2n) is 7.60. The van der Waals surface area contributed by atoms with Gasteiger partial charge in [-0.2, -0.15) is 0 Å². The van der Waals surface area contributed by atoms with E-state index in [1.54, 1.807) is 0 Å². The van der Waals surface area contributed by atoms with Crippen molar-refractivity contribution in [2.24, 2.45) is 4.99 Å². The van der Waals surface area contributed by atoms with E-state index in [0.29, 0.717) is 0 Å². The number of hydrogen-bond donors (Lipinski definition) is 1. The SMILES string of the molecule is C(=Nc1ccc2c3c(cccc13)CC2)Nc1ccc2c3c(cccc13)CC2. The van der Waals surface area contributed by atoms with Crippen LogP contribution < -0.4 is 5.32 Å². The first-order valence-corrected chi connectivity index (χ1v) is 9.74. The fourth-order valence-electron chi connectivity index (χ4n) is 4.89. The summed E-state index contributed by atoms with van der Waals surface area (Å²) in [6.45, 7) is 0. The van der Waals surface area contributed by atoms with Crippen molar-refractivity contribution in [2.45, 2.75) is 25.7 Å². The second-order valence-corrected chi connectivity index (χ2v) is 7.60. The van der Waals surface area contributed by atoms with Gasteiger partial charge in [-0.15, -0.1) is 0 Å². The van der Waals surface area contributed by atoms with Crippen molar-refractivity contribution in [1.29, 1.82) is 0 Å². The highest BCUT2D eigenvalue weighted by Crippen LogP contribution is 2.37. The zero-order valence-electron chi connectivity index (χ0n) is 15.1. The number of aliphatic imine (C=N–C) groups is 1. The number of rotatable bonds is 3. The largest absolute Gasteiger partial charge is 0.346 e. The van der Waals surface area contributed by atoms with Gasteiger partial charge >= 0.3 is 0 Å². The van der Waals surface area contributed by atoms with Crippen LogP contribution in [0.3, 0.4) is 0 Å². The molecule has 0 fully saturated rings. The first-order chi connectivity index (χ1) is 13.4. The van der Waals surface area contributed by atoms with Crippen LogP contribution in [0.2, 0.25) is 0 Å². The third-order valence-electron chi connectivity index (χ3n) is 6.15. The van der Waals surface area contributed by atoms with Crippen molar-refractivity contribution in [3.63, 3.8) is 0 Å². The molecule has 0 atom stereocenters. The predicted octanol–water partition coefficient (Wildman–Crippen LogP) is 5.96. The van der Waals surface area contributed by atoms with Crippen LogP contribution >= 0.6 is 0 Å². The molecular formula is C25H20N2. The van der Waals surface area contributed by atoms with Crippen LogP contribution in [0.4, 0.5) is 11.4 Å². The van der Waals surface area contributed by atoms with Gasteiger partial charge in [-0.05, 0) is 70.8 Å². The van der Waals surface area contributed by atoms with E-state index in [2.05, 4.69) is 66.0 Å². The summed E-state index contributed by atoms with van der Waals surface area (Å²) >= 11 is 0. The maximum atomic E-state index is 4.77. The minimum absolute atomic E-state index is 1.04. The number of benzene rings is 4. The van der Waals surface area contributed by atoms with E-state index in [-0.39, 0.29) is 0 Å². The molecule has 0 bridgehead atoms. The number of nitrogens with one attached hydrogen (secondary N) is 1. The fourth-order valence-corrected chi connectivity index (χ4v) is 4.89. The lowest BCUT2D eigenvalue weighted by atomic mass is 10.0. The minimum atomic E-state index is 1.04. The predicted molar refractivity (Wildman–Crippen MR) is 114 cm³/mol. The average Bonchev–Trinajstić information content (AvgIpc) is 3.32. The van der Waals surface area contributed by atoms with Gasteiger partial charge in [0.1, 0.15) is 0 Å². The Balaban J connectivity index is 1.38. The number of hydrogen-bond acceptors (Lipinski definition) is 1. The molecule has 6 rings (SSSR count). The molecule has 2 heteroatoms. The molecule has 0 spiro atoms. The standard InChI is InChI=1S/C25H20N2/c1-3-16-7-9-18-11-13-22(20(5-1)24(16)18)26-15-27-23-14-12-19-10-8-17-4-2-6-21(23)25(17)19/h1-6,11-15H,7-10H2,(H,26,27). The Labute approximate surface area is 158 Å². The Morgan fingerprint density at radius 3 is 1.96 bits per heavy atom. The molecule has 130 valence electrons. The van der Waals surface area contributed by atoms with Crippen LogP contribution in [0.25, 0.3) is 21.5 Å². The molecule has 0 aliphatic heterocycles. The summed E-state index contributed by atoms with van der Waals surface area (Å²) in [6.07, 6.45) is 6.46. The molecule has 2 nitrogen and oxygen atoms in total. The summed E-state index contributed by atoms with van der Waals surface area (Å²) in [5.41, 5.74) is 8.02. The smallest absolute Gasteiger partial charge is 0.0930 e. The molecule has 2 aliphatic carbocycles. The minimum Gasteiger partial charge on any atom is -0.346 e. The summed E-state index contributed by atoms with van der Waals surface area (Å²) in [5, 5.41) is 8.85. The van der Waals surface area contributed by atoms with Crippen LogP contribution in [0, 0.1) is 0 Å². The zero-order chi connectivity index (χ0) is 17.8. The van der Waals surface area contributed by atoms with Crippen molar-refractivity contribution in [1.82, 2.24) is 0 Å². The number of nitrogens with zero attached hydrogens (tertiary/aromatic N) is 1. The van der Waals surface area contributed by atoms with Gasteiger partial charge < -0.3 is 5.32 Å². The molecule has 0 saturated heterocycles. The lowest BCUT2D eigenvalue weighted by Gasteiger charge is -2.09. The number of anilines is 1. The molecule has 0 unspecified atom stereocenters. The molecule has 1 N–H and O–H groups in total. The summed E-state index contributed by atoms with van der Waals surface area (Å²) in [4.78, 5) is 4.77. The summed E-state index contributed by atoms with van der Waals surface area (Å²) in [7, 11) is 0. The molecule has 0 heterocycles. The van der Waals surface area contributed by atoms with Gasteiger partial charge in [0.15, 0.2) is 0 Å². The molecule has 4 aromatic rings. The van der Waals surface area contributed by atoms with Gasteiger partial charge in [0.25, 0.3) is 0 Å². The lowest BCUT2D eigenvalue weighted by Crippen LogP contribution is -1.96. The monoisotopic (exact) mass is 348 g/mol. The highest BCUT2D eigenvalue weighted by Gasteiger charge is 2.16. The third kappa shape index (κ3) is 2.23. The van der Waals surface area contributed by atoms with Gasteiger partial charge in [0.2, 0.25) is 0 Å². The van der Waals surface area contributed by atoms with Crippen molar-refractivity contribution in [2.75, 3.05) is 5.32 Å². The van der Waals surface area contributed by atoms with Crippen LogP contribution in [-0.2, 0) is 25.7 Å². The Hall–Kier alpha value is -3.13. The van der Waals surface area contributed by atoms with Gasteiger partial charge in [-0.3, -0.25) is 0 Å². The summed E-state index contributed by atoms with van der Waals surface area (Å²) in [5.74, 6) is 0. The van der Waals surface area contributed by atoms with E-state index in [4.69, 9.17) is 4.99 Å². The summed E-state index contributed by atoms with van der Waals surface area (Å²) in [6, 6.07) is 22.1. The van der Waals surface area contributed by atoms with Gasteiger partial charge in [-0.25, -0.2) is 4.99 Å². The molecule has 0 radical (unpaired) electrons. The van der Waals surface area contributed by atoms with Gasteiger partial charge in [0, 0.05) is 16.5 Å². The normalized spacial score (nSPS) is 14.7. The molecule has 0 saturated carbocycles. The fraction of sp³-hybridized carbons (Fsp3) is 0.160. The van der Waals surface area contributed by atoms with Crippen molar-refractivity contribution in [3.05, 3.63) is 82.9 Å². The zero-order valence-corrected chi connectivity index (χ0v) is 15.1. The third-order valence-corrected chi connectivity index (χ3v) is 6.15. The molecular weight excluding hydrogens is 328 g/mol. The molecule has 2 aliphatic rings. The van der Waals surface area contributed by atoms with E-state index >= 15 is 0 Å². The van der Waals surface area contributed by atoms with Gasteiger partial charge in [0.05, 0.1) is 12.0 Å². The Morgan fingerprint density at radius 1 is 0.630 bits per heavy atom. The Kier molecular flexibility index (Phi) is 3.15.